The molecule has 0 aliphatic rings. The minimum Gasteiger partial charge on any atom is -0.266 e. The van der Waals surface area contributed by atoms with E-state index >= 15 is 0 Å². The van der Waals surface area contributed by atoms with E-state index in [-0.39, 0.29) is 5.82 Å². The Kier molecular flexibility index (Phi) is 4.12. The third-order valence-corrected chi connectivity index (χ3v) is 5.47. The maximum absolute atomic E-state index is 11.4. The van der Waals surface area contributed by atoms with Crippen molar-refractivity contribution in [3.05, 3.63) is 21.9 Å². The number of nitrogens with zero attached hydrogens (tertiary/aromatic N) is 1. The van der Waals surface area contributed by atoms with Gasteiger partial charge in [-0.15, -0.1) is 0 Å². The van der Waals surface area contributed by atoms with Crippen molar-refractivity contribution >= 4 is 48.3 Å². The molecular weight excluding hydrogens is 367 g/mol. The normalized spacial score (nSPS) is 12.4. The Morgan fingerprint density at radius 2 is 1.94 bits per heavy atom. The summed E-state index contributed by atoms with van der Waals surface area (Å²) in [6.07, 6.45) is 2.33. The molecule has 0 atom stereocenters. The van der Waals surface area contributed by atoms with Gasteiger partial charge in [0.15, 0.2) is 14.9 Å². The van der Waals surface area contributed by atoms with Crippen LogP contribution < -0.4 is 4.72 Å². The fraction of sp³-hybridized carbons (Fsp3) is 0.286. The molecule has 90 valence electrons. The molecule has 1 aromatic rings. The van der Waals surface area contributed by atoms with E-state index in [2.05, 4.69) is 9.71 Å². The molecule has 0 aromatic carbocycles. The summed E-state index contributed by atoms with van der Waals surface area (Å²) in [5.74, 6) is 0.101. The lowest BCUT2D eigenvalue weighted by molar-refractivity contribution is 0.595. The van der Waals surface area contributed by atoms with Gasteiger partial charge < -0.3 is 0 Å². The van der Waals surface area contributed by atoms with Crippen molar-refractivity contribution in [3.8, 4) is 0 Å². The Bertz CT molecular complexity index is 565. The van der Waals surface area contributed by atoms with E-state index in [0.717, 1.165) is 9.83 Å². The summed E-state index contributed by atoms with van der Waals surface area (Å²) >= 11 is 2.02. The predicted molar refractivity (Wildman–Crippen MR) is 69.2 cm³/mol. The molecule has 1 aromatic heterocycles. The van der Waals surface area contributed by atoms with Crippen LogP contribution in [0.4, 0.5) is 5.82 Å². The first kappa shape index (κ1) is 13.6. The minimum absolute atomic E-state index is 0.101. The average Bonchev–Trinajstić information content (AvgIpc) is 2.04. The molecule has 0 amide bonds. The van der Waals surface area contributed by atoms with E-state index in [0.29, 0.717) is 0 Å². The van der Waals surface area contributed by atoms with E-state index in [4.69, 9.17) is 0 Å². The monoisotopic (exact) mass is 376 g/mol. The van der Waals surface area contributed by atoms with Gasteiger partial charge in [0.05, 0.1) is 0 Å². The zero-order valence-corrected chi connectivity index (χ0v) is 12.0. The molecule has 16 heavy (non-hydrogen) atoms. The Balaban J connectivity index is 2.85. The fourth-order valence-corrected chi connectivity index (χ4v) is 4.16. The summed E-state index contributed by atoms with van der Waals surface area (Å²) in [5.41, 5.74) is 0. The van der Waals surface area contributed by atoms with Crippen molar-refractivity contribution in [2.24, 2.45) is 0 Å². The summed E-state index contributed by atoms with van der Waals surface area (Å²) in [7, 11) is -7.50. The van der Waals surface area contributed by atoms with Crippen LogP contribution in [0.25, 0.3) is 0 Å². The third-order valence-electron chi connectivity index (χ3n) is 1.36. The number of hydrogen-bond donors (Lipinski definition) is 1. The van der Waals surface area contributed by atoms with E-state index in [1.807, 2.05) is 22.6 Å². The van der Waals surface area contributed by atoms with Gasteiger partial charge in [0.2, 0.25) is 10.0 Å². The average molecular weight is 376 g/mol. The van der Waals surface area contributed by atoms with Crippen LogP contribution >= 0.6 is 22.6 Å². The van der Waals surface area contributed by atoms with Gasteiger partial charge in [-0.1, -0.05) is 0 Å². The highest BCUT2D eigenvalue weighted by molar-refractivity contribution is 14.1. The molecule has 0 saturated heterocycles. The Morgan fingerprint density at radius 1 is 1.31 bits per heavy atom. The number of pyridine rings is 1. The van der Waals surface area contributed by atoms with Crippen LogP contribution in [0.1, 0.15) is 0 Å². The summed E-state index contributed by atoms with van der Waals surface area (Å²) in [4.78, 5) is 3.80. The van der Waals surface area contributed by atoms with Gasteiger partial charge in [-0.25, -0.2) is 21.8 Å². The summed E-state index contributed by atoms with van der Waals surface area (Å²) in [6, 6.07) is 3.12. The van der Waals surface area contributed by atoms with Crippen molar-refractivity contribution in [1.82, 2.24) is 4.98 Å². The standard InChI is InChI=1S/C7H9IN2O4S2/c1-15(11,12)5-16(13,14)10-7-3-2-6(8)4-9-7/h2-4H,5H2,1H3,(H,9,10). The van der Waals surface area contributed by atoms with Gasteiger partial charge in [-0.05, 0) is 34.7 Å². The maximum atomic E-state index is 11.4. The quantitative estimate of drug-likeness (QED) is 0.770. The summed E-state index contributed by atoms with van der Waals surface area (Å²) in [6.45, 7) is 0. The highest BCUT2D eigenvalue weighted by atomic mass is 127. The van der Waals surface area contributed by atoms with E-state index in [9.17, 15) is 16.8 Å². The molecule has 0 bridgehead atoms. The van der Waals surface area contributed by atoms with Gasteiger partial charge in [0.25, 0.3) is 0 Å². The molecule has 0 aliphatic carbocycles. The van der Waals surface area contributed by atoms with E-state index in [1.165, 1.54) is 12.3 Å². The number of halogens is 1. The Hall–Kier alpha value is -0.420. The minimum atomic E-state index is -3.91. The van der Waals surface area contributed by atoms with E-state index in [1.54, 1.807) is 6.07 Å². The van der Waals surface area contributed by atoms with E-state index < -0.39 is 24.9 Å². The van der Waals surface area contributed by atoms with Gasteiger partial charge in [-0.3, -0.25) is 4.72 Å². The second kappa shape index (κ2) is 4.84. The van der Waals surface area contributed by atoms with Crippen molar-refractivity contribution in [2.75, 3.05) is 16.1 Å². The molecule has 0 unspecified atom stereocenters. The number of sulfone groups is 1. The number of sulfonamides is 1. The van der Waals surface area contributed by atoms with Crippen LogP contribution in [0.15, 0.2) is 18.3 Å². The molecule has 0 aliphatic heterocycles. The molecule has 0 radical (unpaired) electrons. The molecule has 0 saturated carbocycles. The lowest BCUT2D eigenvalue weighted by Crippen LogP contribution is -2.22. The lowest BCUT2D eigenvalue weighted by Gasteiger charge is -2.05. The first-order valence-corrected chi connectivity index (χ1v) is 8.77. The maximum Gasteiger partial charge on any atom is 0.248 e. The lowest BCUT2D eigenvalue weighted by atomic mass is 10.5. The molecule has 1 rings (SSSR count). The largest absolute Gasteiger partial charge is 0.266 e. The molecule has 0 spiro atoms. The van der Waals surface area contributed by atoms with Gasteiger partial charge in [0, 0.05) is 16.0 Å². The molecule has 9 heteroatoms. The highest BCUT2D eigenvalue weighted by Gasteiger charge is 2.18. The molecule has 1 N–H and O–H groups in total. The Labute approximate surface area is 108 Å². The van der Waals surface area contributed by atoms with Crippen molar-refractivity contribution in [2.45, 2.75) is 0 Å². The van der Waals surface area contributed by atoms with Crippen molar-refractivity contribution in [3.63, 3.8) is 0 Å². The smallest absolute Gasteiger partial charge is 0.248 e. The van der Waals surface area contributed by atoms with Crippen molar-refractivity contribution < 1.29 is 16.8 Å². The van der Waals surface area contributed by atoms with Crippen LogP contribution in [-0.4, -0.2) is 33.2 Å². The van der Waals surface area contributed by atoms with Crippen LogP contribution in [0.5, 0.6) is 0 Å². The second-order valence-corrected chi connectivity index (χ2v) is 8.60. The highest BCUT2D eigenvalue weighted by Crippen LogP contribution is 2.09. The summed E-state index contributed by atoms with van der Waals surface area (Å²) < 4.78 is 47.4. The summed E-state index contributed by atoms with van der Waals surface area (Å²) in [5, 5.41) is -0.951. The zero-order chi connectivity index (χ0) is 12.4. The van der Waals surface area contributed by atoms with Crippen LogP contribution in [-0.2, 0) is 19.9 Å². The SMILES string of the molecule is CS(=O)(=O)CS(=O)(=O)Nc1ccc(I)cn1. The third kappa shape index (κ3) is 5.07. The zero-order valence-electron chi connectivity index (χ0n) is 8.21. The van der Waals surface area contributed by atoms with Crippen molar-refractivity contribution in [1.29, 1.82) is 0 Å². The van der Waals surface area contributed by atoms with Gasteiger partial charge in [0.1, 0.15) is 5.82 Å². The van der Waals surface area contributed by atoms with Gasteiger partial charge in [-0.2, -0.15) is 0 Å². The number of hydrogen-bond acceptors (Lipinski definition) is 5. The number of rotatable bonds is 4. The molecule has 1 heterocycles. The topological polar surface area (TPSA) is 93.2 Å². The number of anilines is 1. The number of nitrogens with one attached hydrogen (secondary N) is 1. The van der Waals surface area contributed by atoms with Crippen LogP contribution in [0, 0.1) is 3.57 Å². The predicted octanol–water partition coefficient (Wildman–Crippen LogP) is 0.430. The molecule has 6 nitrogen and oxygen atoms in total. The van der Waals surface area contributed by atoms with Gasteiger partial charge >= 0.3 is 0 Å². The molecule has 0 fully saturated rings. The first-order chi connectivity index (χ1) is 7.18. The van der Waals surface area contributed by atoms with Crippen LogP contribution in [0.2, 0.25) is 0 Å². The number of aromatic nitrogens is 1. The fourth-order valence-electron chi connectivity index (χ4n) is 0.907. The molecular formula is C7H9IN2O4S2. The van der Waals surface area contributed by atoms with Crippen LogP contribution in [0.3, 0.4) is 0 Å². The second-order valence-electron chi connectivity index (χ2n) is 3.12. The first-order valence-electron chi connectivity index (χ1n) is 3.98. The Morgan fingerprint density at radius 3 is 2.38 bits per heavy atom.